The molecule has 2 N–H and O–H groups in total. The lowest BCUT2D eigenvalue weighted by Gasteiger charge is -2.47. The van der Waals surface area contributed by atoms with Crippen LogP contribution in [0.3, 0.4) is 0 Å². The Balaban J connectivity index is 1.30. The number of benzene rings is 2. The molecule has 47 heavy (non-hydrogen) atoms. The average molecular weight is 685 g/mol. The van der Waals surface area contributed by atoms with Crippen LogP contribution in [0, 0.1) is 17.8 Å². The van der Waals surface area contributed by atoms with Crippen LogP contribution in [0.15, 0.2) is 52.4 Å². The number of anilines is 1. The molecule has 252 valence electrons. The summed E-state index contributed by atoms with van der Waals surface area (Å²) in [4.78, 5) is 29.1. The Hall–Kier alpha value is -3.15. The van der Waals surface area contributed by atoms with E-state index in [1.54, 1.807) is 25.3 Å². The molecule has 0 saturated heterocycles. The number of rotatable bonds is 3. The first-order valence-electron chi connectivity index (χ1n) is 16.7. The summed E-state index contributed by atoms with van der Waals surface area (Å²) in [6, 6.07) is 10.3. The fraction of sp³-hybridized carbons (Fsp3) is 0.543. The number of fused-ring (bicyclic) bond motifs is 4. The number of urea groups is 1. The van der Waals surface area contributed by atoms with Gasteiger partial charge in [0.15, 0.2) is 0 Å². The van der Waals surface area contributed by atoms with Crippen molar-refractivity contribution in [2.45, 2.75) is 76.2 Å². The maximum absolute atomic E-state index is 14.4. The number of methoxy groups -OCH3 is 1. The predicted molar refractivity (Wildman–Crippen MR) is 180 cm³/mol. The van der Waals surface area contributed by atoms with Crippen molar-refractivity contribution in [2.24, 2.45) is 22.1 Å². The highest BCUT2D eigenvalue weighted by molar-refractivity contribution is 7.92. The Labute approximate surface area is 280 Å². The summed E-state index contributed by atoms with van der Waals surface area (Å²) in [5.41, 5.74) is 4.47. The molecule has 2 saturated carbocycles. The summed E-state index contributed by atoms with van der Waals surface area (Å²) in [5, 5.41) is 3.40. The van der Waals surface area contributed by atoms with E-state index in [2.05, 4.69) is 37.5 Å². The smallest absolute Gasteiger partial charge is 0.327 e. The minimum Gasteiger partial charge on any atom is -0.491 e. The van der Waals surface area contributed by atoms with Crippen LogP contribution < -0.4 is 19.7 Å². The molecule has 1 unspecified atom stereocenters. The van der Waals surface area contributed by atoms with Crippen LogP contribution in [0.5, 0.6) is 5.75 Å². The molecule has 5 atom stereocenters. The average Bonchev–Trinajstić information content (AvgIpc) is 3.02. The zero-order valence-corrected chi connectivity index (χ0v) is 28.2. The summed E-state index contributed by atoms with van der Waals surface area (Å²) in [6.45, 7) is 1.87. The lowest BCUT2D eigenvalue weighted by Crippen LogP contribution is -2.51. The summed E-state index contributed by atoms with van der Waals surface area (Å²) in [7, 11) is -1.84. The summed E-state index contributed by atoms with van der Waals surface area (Å²) in [6.07, 6.45) is 6.84. The first-order chi connectivity index (χ1) is 22.7. The number of hydrogen-bond acceptors (Lipinski definition) is 6. The third-order valence-corrected chi connectivity index (χ3v) is 12.6. The highest BCUT2D eigenvalue weighted by Crippen LogP contribution is 2.47. The minimum absolute atomic E-state index is 0.00877. The topological polar surface area (TPSA) is 109 Å². The number of nitrogens with one attached hydrogen (secondary N) is 2. The lowest BCUT2D eigenvalue weighted by molar-refractivity contribution is -0.00132. The molecule has 2 heterocycles. The Kier molecular flexibility index (Phi) is 9.23. The van der Waals surface area contributed by atoms with Gasteiger partial charge in [0.1, 0.15) is 21.8 Å². The second kappa shape index (κ2) is 13.4. The molecule has 2 aliphatic heterocycles. The van der Waals surface area contributed by atoms with Crippen LogP contribution in [-0.2, 0) is 27.6 Å². The van der Waals surface area contributed by atoms with Crippen LogP contribution in [0.2, 0.25) is 5.02 Å². The molecular formula is C35H42ClFN4O5S. The number of nitrogens with zero attached hydrogens (tertiary/aromatic N) is 2. The monoisotopic (exact) mass is 684 g/mol. The van der Waals surface area contributed by atoms with E-state index >= 15 is 0 Å². The quantitative estimate of drug-likeness (QED) is 0.363. The molecule has 0 radical (unpaired) electrons. The summed E-state index contributed by atoms with van der Waals surface area (Å²) >= 11 is 6.44. The summed E-state index contributed by atoms with van der Waals surface area (Å²) in [5.74, 6) is 0.401. The Morgan fingerprint density at radius 3 is 2.72 bits per heavy atom. The van der Waals surface area contributed by atoms with Gasteiger partial charge in [-0.25, -0.2) is 13.4 Å². The largest absolute Gasteiger partial charge is 0.491 e. The molecule has 9 nitrogen and oxygen atoms in total. The number of hydrogen-bond donors (Lipinski definition) is 2. The van der Waals surface area contributed by atoms with E-state index in [1.165, 1.54) is 11.1 Å². The number of alkyl halides is 1. The fourth-order valence-corrected chi connectivity index (χ4v) is 9.63. The highest BCUT2D eigenvalue weighted by Gasteiger charge is 2.44. The van der Waals surface area contributed by atoms with E-state index in [1.807, 2.05) is 6.07 Å². The molecule has 2 aromatic rings. The van der Waals surface area contributed by atoms with Crippen LogP contribution in [0.25, 0.3) is 0 Å². The van der Waals surface area contributed by atoms with Gasteiger partial charge in [0.05, 0.1) is 24.2 Å². The molecule has 2 bridgehead atoms. The van der Waals surface area contributed by atoms with Crippen molar-refractivity contribution in [3.8, 4) is 5.75 Å². The van der Waals surface area contributed by atoms with Gasteiger partial charge in [0, 0.05) is 36.8 Å². The molecule has 5 aliphatic rings. The molecule has 3 amide bonds. The molecule has 7 rings (SSSR count). The normalized spacial score (nSPS) is 31.9. The fourth-order valence-electron chi connectivity index (χ4n) is 7.64. The first kappa shape index (κ1) is 32.4. The van der Waals surface area contributed by atoms with Crippen molar-refractivity contribution >= 4 is 39.1 Å². The van der Waals surface area contributed by atoms with Gasteiger partial charge in [-0.2, -0.15) is 0 Å². The number of carbonyl (C=O) groups excluding carboxylic acids is 2. The maximum Gasteiger partial charge on any atom is 0.327 e. The van der Waals surface area contributed by atoms with Crippen molar-refractivity contribution in [3.63, 3.8) is 0 Å². The Morgan fingerprint density at radius 2 is 2.00 bits per heavy atom. The molecule has 2 aromatic carbocycles. The van der Waals surface area contributed by atoms with Gasteiger partial charge in [-0.15, -0.1) is 4.36 Å². The molecular weight excluding hydrogens is 643 g/mol. The number of amides is 3. The number of aryl methyl sites for hydroxylation is 1. The molecule has 3 aliphatic carbocycles. The van der Waals surface area contributed by atoms with Crippen LogP contribution >= 0.6 is 11.6 Å². The van der Waals surface area contributed by atoms with Gasteiger partial charge in [0.25, 0.3) is 5.91 Å². The number of ether oxygens (including phenoxy) is 2. The third kappa shape index (κ3) is 6.89. The standard InChI is InChI=1S/C35H42ClFN4O5S/c1-45-33-29-10-6-24(29)19-41-18-23-5-9-26(36)14-21(23)4-2-3-13-46-32-12-8-22(15-31(32)41)34(42)39-47(44,20-25-7-11-30(25)33)40-35(43)38-28-16-27(37)17-28/h5,8-9,11-12,14-15,24-25,27-29,33H,2-4,6-7,10,13,16-20H2,1H3,(H2,38,39,40,42,43,44)/t24-,25+,27-,28-,29+,33+,47?/m0/s1. The van der Waals surface area contributed by atoms with Crippen LogP contribution in [0.4, 0.5) is 14.9 Å². The zero-order chi connectivity index (χ0) is 32.7. The van der Waals surface area contributed by atoms with Gasteiger partial charge >= 0.3 is 6.03 Å². The van der Waals surface area contributed by atoms with Crippen molar-refractivity contribution < 1.29 is 27.7 Å². The predicted octanol–water partition coefficient (Wildman–Crippen LogP) is 6.39. The first-order valence-corrected chi connectivity index (χ1v) is 18.8. The van der Waals surface area contributed by atoms with Crippen molar-refractivity contribution in [3.05, 3.63) is 69.8 Å². The van der Waals surface area contributed by atoms with Crippen molar-refractivity contribution in [1.29, 1.82) is 0 Å². The SMILES string of the molecule is CO[C@H]1C2=CC[C@@H]2CS(=O)(NC(=O)N[C@H]2C[C@H](F)C2)=NC(=O)c2ccc3c(c2)N(Cc2ccc(Cl)cc2CCCCO3)C[C@@H]2CC[C@H]21. The van der Waals surface area contributed by atoms with Gasteiger partial charge in [-0.3, -0.25) is 9.52 Å². The van der Waals surface area contributed by atoms with Crippen LogP contribution in [0.1, 0.15) is 66.4 Å². The van der Waals surface area contributed by atoms with Gasteiger partial charge in [-0.05, 0) is 116 Å². The van der Waals surface area contributed by atoms with E-state index in [0.717, 1.165) is 49.9 Å². The van der Waals surface area contributed by atoms with Crippen molar-refractivity contribution in [2.75, 3.05) is 30.9 Å². The third-order valence-electron chi connectivity index (χ3n) is 10.5. The molecule has 0 aromatic heterocycles. The number of carbonyl (C=O) groups is 2. The van der Waals surface area contributed by atoms with Gasteiger partial charge in [-0.1, -0.05) is 23.7 Å². The molecule has 2 fully saturated rings. The van der Waals surface area contributed by atoms with E-state index in [-0.39, 0.29) is 48.1 Å². The second-order valence-electron chi connectivity index (χ2n) is 13.6. The Bertz CT molecular complexity index is 1700. The maximum atomic E-state index is 14.4. The Morgan fingerprint density at radius 1 is 1.15 bits per heavy atom. The molecule has 0 spiro atoms. The number of allylic oxidation sites excluding steroid dienone is 1. The summed E-state index contributed by atoms with van der Waals surface area (Å²) < 4.78 is 47.1. The minimum atomic E-state index is -3.56. The van der Waals surface area contributed by atoms with Gasteiger partial charge < -0.3 is 19.7 Å². The van der Waals surface area contributed by atoms with Crippen molar-refractivity contribution in [1.82, 2.24) is 10.0 Å². The zero-order valence-electron chi connectivity index (χ0n) is 26.6. The molecule has 12 heteroatoms. The van der Waals surface area contributed by atoms with E-state index < -0.39 is 28.0 Å². The lowest BCUT2D eigenvalue weighted by atomic mass is 9.65. The number of halogens is 2. The second-order valence-corrected chi connectivity index (χ2v) is 16.1. The van der Waals surface area contributed by atoms with Crippen LogP contribution in [-0.4, -0.2) is 60.5 Å². The highest BCUT2D eigenvalue weighted by atomic mass is 35.5. The van der Waals surface area contributed by atoms with E-state index in [9.17, 15) is 18.2 Å². The van der Waals surface area contributed by atoms with E-state index in [4.69, 9.17) is 21.1 Å². The van der Waals surface area contributed by atoms with Gasteiger partial charge in [0.2, 0.25) is 0 Å². The van der Waals surface area contributed by atoms with E-state index in [0.29, 0.717) is 36.3 Å².